The van der Waals surface area contributed by atoms with Crippen molar-refractivity contribution in [2.24, 2.45) is 11.8 Å². The van der Waals surface area contributed by atoms with Crippen LogP contribution in [0.25, 0.3) is 0 Å². The third-order valence-corrected chi connectivity index (χ3v) is 20.2. The Morgan fingerprint density at radius 2 is 0.531 bits per heavy atom. The molecule has 0 saturated carbocycles. The van der Waals surface area contributed by atoms with Crippen LogP contribution in [0.15, 0.2) is 0 Å². The number of phosphoric ester groups is 2. The first-order valence-corrected chi connectivity index (χ1v) is 43.0. The van der Waals surface area contributed by atoms with Gasteiger partial charge in [0, 0.05) is 25.7 Å². The first-order chi connectivity index (χ1) is 46.4. The molecule has 17 nitrogen and oxygen atoms in total. The van der Waals surface area contributed by atoms with Crippen LogP contribution >= 0.6 is 15.6 Å². The molecule has 0 aliphatic heterocycles. The zero-order chi connectivity index (χ0) is 70.7. The Morgan fingerprint density at radius 3 is 0.792 bits per heavy atom. The van der Waals surface area contributed by atoms with Crippen molar-refractivity contribution in [1.29, 1.82) is 0 Å². The normalized spacial score (nSPS) is 14.3. The lowest BCUT2D eigenvalue weighted by atomic mass is 10.00. The summed E-state index contributed by atoms with van der Waals surface area (Å²) in [7, 11) is -9.91. The molecule has 0 heterocycles. The second-order valence-corrected chi connectivity index (χ2v) is 31.4. The standard InChI is InChI=1S/C77H150O17P2/c1-7-10-12-14-16-18-20-22-24-26-27-28-30-32-34-36-38-40-49-55-61-76(81)93-72(65-87-74(79)59-53-47-39-37-35-33-31-29-25-23-21-19-17-15-13-11-8-2)67-91-95(83,84)89-63-71(78)64-90-96(85,86)92-68-73(66-88-75(80)60-54-48-43-41-45-51-57-69(4)5)94-77(82)62-56-50-44-42-46-52-58-70(6)9-3/h69-73,78H,7-68H2,1-6H3,(H,83,84)(H,85,86)/t70?,71-,72-,73-/m1/s1. The van der Waals surface area contributed by atoms with Gasteiger partial charge in [-0.25, -0.2) is 9.13 Å². The number of aliphatic hydroxyl groups is 1. The molecule has 0 spiro atoms. The van der Waals surface area contributed by atoms with Gasteiger partial charge in [0.2, 0.25) is 0 Å². The number of carbonyl (C=O) groups excluding carboxylic acids is 4. The quantitative estimate of drug-likeness (QED) is 0.0222. The molecule has 0 bridgehead atoms. The number of carbonyl (C=O) groups is 4. The van der Waals surface area contributed by atoms with Crippen LogP contribution in [0.3, 0.4) is 0 Å². The minimum absolute atomic E-state index is 0.102. The lowest BCUT2D eigenvalue weighted by Crippen LogP contribution is -2.30. The SMILES string of the molecule is CCCCCCCCCCCCCCCCCCCCCCC(=O)O[C@H](COC(=O)CCCCCCCCCCCCCCCCCCC)COP(=O)(O)OC[C@@H](O)COP(=O)(O)OC[C@@H](COC(=O)CCCCCCCCC(C)C)OC(=O)CCCCCCCCC(C)CC. The van der Waals surface area contributed by atoms with Gasteiger partial charge in [-0.15, -0.1) is 0 Å². The lowest BCUT2D eigenvalue weighted by Gasteiger charge is -2.21. The fraction of sp³-hybridized carbons (Fsp3) is 0.948. The van der Waals surface area contributed by atoms with Gasteiger partial charge in [-0.3, -0.25) is 37.3 Å². The van der Waals surface area contributed by atoms with Crippen LogP contribution in [0.2, 0.25) is 0 Å². The Kier molecular flexibility index (Phi) is 67.4. The monoisotopic (exact) mass is 1410 g/mol. The van der Waals surface area contributed by atoms with Crippen molar-refractivity contribution in [3.63, 3.8) is 0 Å². The van der Waals surface area contributed by atoms with Crippen LogP contribution in [0.1, 0.15) is 401 Å². The number of phosphoric acid groups is 2. The van der Waals surface area contributed by atoms with Crippen molar-refractivity contribution in [2.45, 2.75) is 419 Å². The third-order valence-electron chi connectivity index (χ3n) is 18.3. The minimum atomic E-state index is -4.96. The molecule has 0 rings (SSSR count). The Bertz CT molecular complexity index is 1860. The molecule has 6 atom stereocenters. The van der Waals surface area contributed by atoms with Crippen molar-refractivity contribution < 1.29 is 80.2 Å². The number of ether oxygens (including phenoxy) is 4. The molecule has 0 aliphatic carbocycles. The maximum atomic E-state index is 13.1. The van der Waals surface area contributed by atoms with Crippen molar-refractivity contribution in [3.8, 4) is 0 Å². The smallest absolute Gasteiger partial charge is 0.462 e. The number of rotatable bonds is 76. The predicted octanol–water partition coefficient (Wildman–Crippen LogP) is 22.7. The van der Waals surface area contributed by atoms with Gasteiger partial charge in [-0.05, 0) is 37.5 Å². The van der Waals surface area contributed by atoms with Crippen LogP contribution in [0.4, 0.5) is 0 Å². The van der Waals surface area contributed by atoms with Gasteiger partial charge in [-0.2, -0.15) is 0 Å². The zero-order valence-corrected chi connectivity index (χ0v) is 64.5. The lowest BCUT2D eigenvalue weighted by molar-refractivity contribution is -0.161. The zero-order valence-electron chi connectivity index (χ0n) is 62.7. The molecule has 0 fully saturated rings. The maximum absolute atomic E-state index is 13.1. The largest absolute Gasteiger partial charge is 0.472 e. The molecule has 0 aromatic carbocycles. The van der Waals surface area contributed by atoms with Gasteiger partial charge in [-0.1, -0.05) is 350 Å². The summed E-state index contributed by atoms with van der Waals surface area (Å²) in [5.74, 6) is -0.721. The highest BCUT2D eigenvalue weighted by Crippen LogP contribution is 2.45. The highest BCUT2D eigenvalue weighted by atomic mass is 31.2. The molecule has 0 aromatic rings. The molecular weight excluding hydrogens is 1260 g/mol. The molecule has 0 aliphatic rings. The van der Waals surface area contributed by atoms with E-state index in [9.17, 15) is 43.2 Å². The Hall–Kier alpha value is -1.94. The summed E-state index contributed by atoms with van der Waals surface area (Å²) < 4.78 is 68.5. The van der Waals surface area contributed by atoms with E-state index in [1.807, 2.05) is 0 Å². The molecule has 0 radical (unpaired) electrons. The van der Waals surface area contributed by atoms with Gasteiger partial charge in [0.05, 0.1) is 26.4 Å². The van der Waals surface area contributed by atoms with Gasteiger partial charge in [0.1, 0.15) is 19.3 Å². The van der Waals surface area contributed by atoms with E-state index in [1.165, 1.54) is 212 Å². The van der Waals surface area contributed by atoms with Crippen molar-refractivity contribution in [2.75, 3.05) is 39.6 Å². The number of aliphatic hydroxyl groups excluding tert-OH is 1. The summed E-state index contributed by atoms with van der Waals surface area (Å²) in [6, 6.07) is 0. The van der Waals surface area contributed by atoms with Crippen molar-refractivity contribution in [1.82, 2.24) is 0 Å². The molecule has 3 N–H and O–H groups in total. The first kappa shape index (κ1) is 94.1. The van der Waals surface area contributed by atoms with E-state index in [0.717, 1.165) is 102 Å². The second kappa shape index (κ2) is 68.8. The van der Waals surface area contributed by atoms with Crippen LogP contribution < -0.4 is 0 Å². The second-order valence-electron chi connectivity index (χ2n) is 28.5. The van der Waals surface area contributed by atoms with Gasteiger partial charge in [0.25, 0.3) is 0 Å². The number of unbranched alkanes of at least 4 members (excludes halogenated alkanes) is 45. The Labute approximate surface area is 588 Å². The van der Waals surface area contributed by atoms with Crippen molar-refractivity contribution in [3.05, 3.63) is 0 Å². The number of esters is 4. The Balaban J connectivity index is 5.20. The highest BCUT2D eigenvalue weighted by Gasteiger charge is 2.30. The van der Waals surface area contributed by atoms with Crippen LogP contribution in [0, 0.1) is 11.8 Å². The van der Waals surface area contributed by atoms with Crippen LogP contribution in [-0.4, -0.2) is 96.7 Å². The van der Waals surface area contributed by atoms with E-state index < -0.39 is 97.5 Å². The number of hydrogen-bond acceptors (Lipinski definition) is 15. The highest BCUT2D eigenvalue weighted by molar-refractivity contribution is 7.47. The summed E-state index contributed by atoms with van der Waals surface area (Å²) in [6.07, 6.45) is 57.3. The summed E-state index contributed by atoms with van der Waals surface area (Å²) in [6.45, 7) is 9.46. The molecule has 0 saturated heterocycles. The van der Waals surface area contributed by atoms with Gasteiger partial charge in [0.15, 0.2) is 12.2 Å². The summed E-state index contributed by atoms with van der Waals surface area (Å²) in [5, 5.41) is 10.6. The van der Waals surface area contributed by atoms with Gasteiger partial charge < -0.3 is 33.8 Å². The van der Waals surface area contributed by atoms with E-state index in [-0.39, 0.29) is 25.7 Å². The Morgan fingerprint density at radius 1 is 0.302 bits per heavy atom. The average Bonchev–Trinajstić information content (AvgIpc) is 2.38. The molecule has 19 heteroatoms. The van der Waals surface area contributed by atoms with E-state index in [0.29, 0.717) is 31.6 Å². The number of hydrogen-bond donors (Lipinski definition) is 3. The minimum Gasteiger partial charge on any atom is -0.462 e. The summed E-state index contributed by atoms with van der Waals surface area (Å²) in [5.41, 5.74) is 0. The van der Waals surface area contributed by atoms with Crippen molar-refractivity contribution >= 4 is 39.5 Å². The fourth-order valence-electron chi connectivity index (χ4n) is 11.8. The molecular formula is C77H150O17P2. The van der Waals surface area contributed by atoms with Crippen LogP contribution in [0.5, 0.6) is 0 Å². The molecule has 3 unspecified atom stereocenters. The van der Waals surface area contributed by atoms with Gasteiger partial charge >= 0.3 is 39.5 Å². The average molecular weight is 1410 g/mol. The molecule has 0 aromatic heterocycles. The summed E-state index contributed by atoms with van der Waals surface area (Å²) in [4.78, 5) is 72.7. The predicted molar refractivity (Wildman–Crippen MR) is 391 cm³/mol. The van der Waals surface area contributed by atoms with E-state index in [4.69, 9.17) is 37.0 Å². The molecule has 570 valence electrons. The summed E-state index contributed by atoms with van der Waals surface area (Å²) >= 11 is 0. The van der Waals surface area contributed by atoms with E-state index in [1.54, 1.807) is 0 Å². The van der Waals surface area contributed by atoms with E-state index >= 15 is 0 Å². The topological polar surface area (TPSA) is 237 Å². The molecule has 96 heavy (non-hydrogen) atoms. The molecule has 0 amide bonds. The van der Waals surface area contributed by atoms with E-state index in [2.05, 4.69) is 41.5 Å². The third kappa shape index (κ3) is 69.2. The first-order valence-electron chi connectivity index (χ1n) is 40.0. The van der Waals surface area contributed by atoms with Crippen LogP contribution in [-0.2, 0) is 65.4 Å². The maximum Gasteiger partial charge on any atom is 0.472 e. The fourth-order valence-corrected chi connectivity index (χ4v) is 13.4.